The first-order valence-electron chi connectivity index (χ1n) is 9.32. The van der Waals surface area contributed by atoms with E-state index in [1.165, 1.54) is 25.5 Å². The third-order valence-electron chi connectivity index (χ3n) is 5.57. The number of benzene rings is 1. The van der Waals surface area contributed by atoms with Gasteiger partial charge in [-0.2, -0.15) is 0 Å². The normalized spacial score (nSPS) is 15.4. The maximum absolute atomic E-state index is 11.4. The molecule has 3 aromatic rings. The van der Waals surface area contributed by atoms with Crippen molar-refractivity contribution in [2.24, 2.45) is 5.92 Å². The fourth-order valence-electron chi connectivity index (χ4n) is 3.84. The van der Waals surface area contributed by atoms with Crippen molar-refractivity contribution in [1.82, 2.24) is 9.97 Å². The molecule has 1 aliphatic heterocycles. The minimum atomic E-state index is -0.960. The van der Waals surface area contributed by atoms with Crippen LogP contribution in [0, 0.1) is 5.92 Å². The van der Waals surface area contributed by atoms with Gasteiger partial charge in [-0.15, -0.1) is 0 Å². The quantitative estimate of drug-likeness (QED) is 0.649. The van der Waals surface area contributed by atoms with Gasteiger partial charge in [0.05, 0.1) is 10.6 Å². The number of H-pyrrole nitrogens is 1. The zero-order valence-electron chi connectivity index (χ0n) is 15.2. The Balaban J connectivity index is 1.63. The average molecular weight is 384 g/mol. The molecule has 1 aliphatic rings. The highest BCUT2D eigenvalue weighted by Crippen LogP contribution is 2.34. The van der Waals surface area contributed by atoms with Gasteiger partial charge in [0.25, 0.3) is 0 Å². The molecule has 3 heterocycles. The number of nitrogens with zero attached hydrogens (tertiary/aromatic N) is 2. The lowest BCUT2D eigenvalue weighted by Crippen LogP contribution is -2.33. The molecule has 1 aromatic carbocycles. The van der Waals surface area contributed by atoms with Crippen molar-refractivity contribution in [2.45, 2.75) is 26.2 Å². The lowest BCUT2D eigenvalue weighted by molar-refractivity contribution is 0.0699. The molecule has 140 valence electrons. The number of aromatic nitrogens is 2. The SMILES string of the molecule is CCC1CCN(c2ccc(-c3cc4c(C(=O)O)c[nH]c4cc3Cl)cn2)CC1. The van der Waals surface area contributed by atoms with E-state index < -0.39 is 5.97 Å². The summed E-state index contributed by atoms with van der Waals surface area (Å²) in [4.78, 5) is 21.3. The number of halogens is 1. The monoisotopic (exact) mass is 383 g/mol. The molecule has 0 spiro atoms. The van der Waals surface area contributed by atoms with Crippen LogP contribution in [0.2, 0.25) is 5.02 Å². The number of carboxylic acid groups (broad SMARTS) is 1. The molecule has 27 heavy (non-hydrogen) atoms. The standard InChI is InChI=1S/C21H22ClN3O2/c1-2-13-5-7-25(8-6-13)20-4-3-14(11-24-20)15-9-16-17(21(26)27)12-23-19(16)10-18(15)22/h3-4,9-13,23H,2,5-8H2,1H3,(H,26,27). The van der Waals surface area contributed by atoms with E-state index in [1.54, 1.807) is 6.07 Å². The molecule has 2 aromatic heterocycles. The van der Waals surface area contributed by atoms with Crippen LogP contribution in [0.25, 0.3) is 22.0 Å². The molecule has 0 bridgehead atoms. The summed E-state index contributed by atoms with van der Waals surface area (Å²) in [5, 5.41) is 10.6. The van der Waals surface area contributed by atoms with Crippen LogP contribution in [-0.4, -0.2) is 34.1 Å². The van der Waals surface area contributed by atoms with Gasteiger partial charge in [0.1, 0.15) is 5.82 Å². The Morgan fingerprint density at radius 3 is 2.74 bits per heavy atom. The van der Waals surface area contributed by atoms with Crippen LogP contribution in [0.5, 0.6) is 0 Å². The van der Waals surface area contributed by atoms with E-state index in [-0.39, 0.29) is 5.56 Å². The minimum Gasteiger partial charge on any atom is -0.478 e. The van der Waals surface area contributed by atoms with Gasteiger partial charge in [0.2, 0.25) is 0 Å². The molecule has 1 fully saturated rings. The highest BCUT2D eigenvalue weighted by Gasteiger charge is 2.19. The molecule has 0 atom stereocenters. The molecule has 0 unspecified atom stereocenters. The largest absolute Gasteiger partial charge is 0.478 e. The third-order valence-corrected chi connectivity index (χ3v) is 5.89. The Morgan fingerprint density at radius 1 is 1.33 bits per heavy atom. The second kappa shape index (κ2) is 7.24. The molecule has 4 rings (SSSR count). The van der Waals surface area contributed by atoms with Crippen molar-refractivity contribution >= 4 is 34.3 Å². The Kier molecular flexibility index (Phi) is 4.79. The van der Waals surface area contributed by atoms with E-state index in [9.17, 15) is 9.90 Å². The molecule has 1 saturated heterocycles. The van der Waals surface area contributed by atoms with Crippen LogP contribution in [0.1, 0.15) is 36.5 Å². The molecule has 0 amide bonds. The van der Waals surface area contributed by atoms with Crippen LogP contribution in [0.3, 0.4) is 0 Å². The number of carbonyl (C=O) groups is 1. The summed E-state index contributed by atoms with van der Waals surface area (Å²) >= 11 is 6.44. The van der Waals surface area contributed by atoms with Crippen molar-refractivity contribution in [3.8, 4) is 11.1 Å². The number of anilines is 1. The number of rotatable bonds is 4. The van der Waals surface area contributed by atoms with Gasteiger partial charge in [0.15, 0.2) is 0 Å². The molecule has 0 radical (unpaired) electrons. The summed E-state index contributed by atoms with van der Waals surface area (Å²) in [6.07, 6.45) is 7.00. The first-order valence-corrected chi connectivity index (χ1v) is 9.70. The van der Waals surface area contributed by atoms with Crippen molar-refractivity contribution in [2.75, 3.05) is 18.0 Å². The first kappa shape index (κ1) is 17.9. The number of fused-ring (bicyclic) bond motifs is 1. The van der Waals surface area contributed by atoms with Crippen LogP contribution in [0.15, 0.2) is 36.7 Å². The average Bonchev–Trinajstić information content (AvgIpc) is 3.10. The van der Waals surface area contributed by atoms with Crippen LogP contribution in [-0.2, 0) is 0 Å². The summed E-state index contributed by atoms with van der Waals surface area (Å²) in [6.45, 7) is 4.35. The highest BCUT2D eigenvalue weighted by atomic mass is 35.5. The van der Waals surface area contributed by atoms with E-state index in [1.807, 2.05) is 24.4 Å². The predicted octanol–water partition coefficient (Wildman–Crippen LogP) is 5.21. The maximum atomic E-state index is 11.4. The van der Waals surface area contributed by atoms with Crippen LogP contribution in [0.4, 0.5) is 5.82 Å². The lowest BCUT2D eigenvalue weighted by atomic mass is 9.94. The lowest BCUT2D eigenvalue weighted by Gasteiger charge is -2.32. The van der Waals surface area contributed by atoms with Gasteiger partial charge in [-0.3, -0.25) is 0 Å². The summed E-state index contributed by atoms with van der Waals surface area (Å²) < 4.78 is 0. The van der Waals surface area contributed by atoms with Gasteiger partial charge < -0.3 is 15.0 Å². The van der Waals surface area contributed by atoms with Crippen molar-refractivity contribution in [3.05, 3.63) is 47.2 Å². The molecular weight excluding hydrogens is 362 g/mol. The third kappa shape index (κ3) is 3.39. The maximum Gasteiger partial charge on any atom is 0.337 e. The van der Waals surface area contributed by atoms with Crippen molar-refractivity contribution in [1.29, 1.82) is 0 Å². The van der Waals surface area contributed by atoms with Gasteiger partial charge in [-0.05, 0) is 43.0 Å². The topological polar surface area (TPSA) is 69.2 Å². The van der Waals surface area contributed by atoms with E-state index in [0.29, 0.717) is 15.9 Å². The fourth-order valence-corrected chi connectivity index (χ4v) is 4.12. The number of pyridine rings is 1. The highest BCUT2D eigenvalue weighted by molar-refractivity contribution is 6.34. The van der Waals surface area contributed by atoms with E-state index >= 15 is 0 Å². The molecule has 0 aliphatic carbocycles. The van der Waals surface area contributed by atoms with Gasteiger partial charge in [0, 0.05) is 47.5 Å². The first-order chi connectivity index (χ1) is 13.1. The van der Waals surface area contributed by atoms with Gasteiger partial charge in [-0.25, -0.2) is 9.78 Å². The Morgan fingerprint density at radius 2 is 2.11 bits per heavy atom. The number of nitrogens with one attached hydrogen (secondary N) is 1. The summed E-state index contributed by atoms with van der Waals surface area (Å²) in [5.41, 5.74) is 2.62. The summed E-state index contributed by atoms with van der Waals surface area (Å²) in [5.74, 6) is 0.854. The minimum absolute atomic E-state index is 0.242. The smallest absolute Gasteiger partial charge is 0.337 e. The van der Waals surface area contributed by atoms with E-state index in [4.69, 9.17) is 11.6 Å². The number of carboxylic acids is 1. The molecule has 0 saturated carbocycles. The molecule has 6 heteroatoms. The van der Waals surface area contributed by atoms with Gasteiger partial charge >= 0.3 is 5.97 Å². The summed E-state index contributed by atoms with van der Waals surface area (Å²) in [6, 6.07) is 7.62. The second-order valence-corrected chi connectivity index (χ2v) is 7.54. The number of aromatic carboxylic acids is 1. The second-order valence-electron chi connectivity index (χ2n) is 7.13. The molecule has 2 N–H and O–H groups in total. The Hall–Kier alpha value is -2.53. The predicted molar refractivity (Wildman–Crippen MR) is 109 cm³/mol. The number of piperidine rings is 1. The van der Waals surface area contributed by atoms with Crippen molar-refractivity contribution < 1.29 is 9.90 Å². The Bertz CT molecular complexity index is 973. The molecule has 5 nitrogen and oxygen atoms in total. The van der Waals surface area contributed by atoms with Crippen LogP contribution >= 0.6 is 11.6 Å². The molecular formula is C21H22ClN3O2. The van der Waals surface area contributed by atoms with Crippen LogP contribution < -0.4 is 4.90 Å². The number of hydrogen-bond donors (Lipinski definition) is 2. The zero-order valence-corrected chi connectivity index (χ0v) is 16.0. The van der Waals surface area contributed by atoms with E-state index in [0.717, 1.165) is 36.0 Å². The van der Waals surface area contributed by atoms with E-state index in [2.05, 4.69) is 21.8 Å². The fraction of sp³-hybridized carbons (Fsp3) is 0.333. The van der Waals surface area contributed by atoms with Gasteiger partial charge in [-0.1, -0.05) is 24.9 Å². The zero-order chi connectivity index (χ0) is 19.0. The Labute approximate surface area is 163 Å². The number of hydrogen-bond acceptors (Lipinski definition) is 3. The summed E-state index contributed by atoms with van der Waals surface area (Å²) in [7, 11) is 0. The van der Waals surface area contributed by atoms with Crippen molar-refractivity contribution in [3.63, 3.8) is 0 Å². The number of aromatic amines is 1.